The van der Waals surface area contributed by atoms with Crippen LogP contribution in [0, 0.1) is 5.92 Å². The minimum atomic E-state index is 0.391. The van der Waals surface area contributed by atoms with Crippen LogP contribution in [0.2, 0.25) is 0 Å². The van der Waals surface area contributed by atoms with Crippen molar-refractivity contribution in [2.45, 2.75) is 45.2 Å². The molecule has 1 aliphatic heterocycles. The zero-order valence-corrected chi connectivity index (χ0v) is 7.21. The summed E-state index contributed by atoms with van der Waals surface area (Å²) in [6.45, 7) is 4.22. The van der Waals surface area contributed by atoms with Crippen molar-refractivity contribution in [2.75, 3.05) is 0 Å². The van der Waals surface area contributed by atoms with Gasteiger partial charge in [-0.05, 0) is 33.1 Å². The van der Waals surface area contributed by atoms with Gasteiger partial charge in [-0.15, -0.1) is 0 Å². The first-order valence-electron chi connectivity index (χ1n) is 4.52. The minimum absolute atomic E-state index is 0.391. The maximum atomic E-state index is 11.5. The minimum Gasteiger partial charge on any atom is -0.337 e. The van der Waals surface area contributed by atoms with Crippen LogP contribution in [0.3, 0.4) is 0 Å². The van der Waals surface area contributed by atoms with Gasteiger partial charge in [0.1, 0.15) is 0 Å². The van der Waals surface area contributed by atoms with Crippen molar-refractivity contribution in [3.63, 3.8) is 0 Å². The summed E-state index contributed by atoms with van der Waals surface area (Å²) in [4.78, 5) is 13.6. The molecule has 0 aromatic carbocycles. The van der Waals surface area contributed by atoms with Gasteiger partial charge in [-0.25, -0.2) is 0 Å². The Kier molecular flexibility index (Phi) is 1.44. The zero-order valence-electron chi connectivity index (χ0n) is 7.21. The summed E-state index contributed by atoms with van der Waals surface area (Å²) in [6.07, 6.45) is 3.53. The smallest absolute Gasteiger partial charge is 0.226 e. The van der Waals surface area contributed by atoms with E-state index in [1.807, 2.05) is 0 Å². The van der Waals surface area contributed by atoms with Gasteiger partial charge in [0.2, 0.25) is 5.91 Å². The van der Waals surface area contributed by atoms with Crippen LogP contribution in [0.25, 0.3) is 0 Å². The average Bonchev–Trinajstić information content (AvgIpc) is 2.44. The van der Waals surface area contributed by atoms with E-state index in [0.29, 0.717) is 23.9 Å². The predicted octanol–water partition coefficient (Wildman–Crippen LogP) is 1.41. The molecule has 2 rings (SSSR count). The number of carbonyl (C=O) groups is 1. The van der Waals surface area contributed by atoms with Gasteiger partial charge in [0.25, 0.3) is 0 Å². The molecule has 1 heterocycles. The van der Waals surface area contributed by atoms with Crippen molar-refractivity contribution < 1.29 is 4.79 Å². The number of carbonyl (C=O) groups excluding carboxylic acids is 1. The molecule has 2 bridgehead atoms. The standard InChI is InChI=1S/C9H15NO/c1-6(2)10-8-4-3-7(5-8)9(10)11/h6-8H,3-5H2,1-2H3/t7-,8+/m1/s1. The van der Waals surface area contributed by atoms with Crippen LogP contribution in [0.15, 0.2) is 0 Å². The van der Waals surface area contributed by atoms with E-state index in [-0.39, 0.29) is 0 Å². The topological polar surface area (TPSA) is 20.3 Å². The molecule has 0 N–H and O–H groups in total. The van der Waals surface area contributed by atoms with Gasteiger partial charge in [0.15, 0.2) is 0 Å². The molecule has 0 aromatic heterocycles. The number of fused-ring (bicyclic) bond motifs is 2. The zero-order chi connectivity index (χ0) is 8.01. The van der Waals surface area contributed by atoms with Gasteiger partial charge in [-0.1, -0.05) is 0 Å². The fraction of sp³-hybridized carbons (Fsp3) is 0.889. The highest BCUT2D eigenvalue weighted by molar-refractivity contribution is 5.82. The lowest BCUT2D eigenvalue weighted by Crippen LogP contribution is -2.41. The van der Waals surface area contributed by atoms with Crippen LogP contribution < -0.4 is 0 Å². The third-order valence-electron chi connectivity index (χ3n) is 2.96. The largest absolute Gasteiger partial charge is 0.337 e. The van der Waals surface area contributed by atoms with Crippen molar-refractivity contribution in [3.8, 4) is 0 Å². The van der Waals surface area contributed by atoms with E-state index >= 15 is 0 Å². The van der Waals surface area contributed by atoms with E-state index < -0.39 is 0 Å². The lowest BCUT2D eigenvalue weighted by molar-refractivity contribution is -0.135. The lowest BCUT2D eigenvalue weighted by atomic mass is 10.1. The van der Waals surface area contributed by atoms with Crippen LogP contribution in [-0.4, -0.2) is 22.9 Å². The highest BCUT2D eigenvalue weighted by atomic mass is 16.2. The van der Waals surface area contributed by atoms with E-state index in [1.165, 1.54) is 6.42 Å². The van der Waals surface area contributed by atoms with Crippen LogP contribution in [0.4, 0.5) is 0 Å². The van der Waals surface area contributed by atoms with Gasteiger partial charge in [-0.3, -0.25) is 4.79 Å². The highest BCUT2D eigenvalue weighted by Gasteiger charge is 2.45. The normalized spacial score (nSPS) is 35.9. The summed E-state index contributed by atoms with van der Waals surface area (Å²) in [5, 5.41) is 0. The van der Waals surface area contributed by atoms with Crippen LogP contribution in [0.1, 0.15) is 33.1 Å². The first kappa shape index (κ1) is 7.14. The number of nitrogens with zero attached hydrogens (tertiary/aromatic N) is 1. The number of piperidine rings is 1. The molecule has 0 radical (unpaired) electrons. The Bertz CT molecular complexity index is 188. The average molecular weight is 153 g/mol. The van der Waals surface area contributed by atoms with Crippen molar-refractivity contribution in [2.24, 2.45) is 5.92 Å². The lowest BCUT2D eigenvalue weighted by Gasteiger charge is -2.30. The summed E-state index contributed by atoms with van der Waals surface area (Å²) < 4.78 is 0. The van der Waals surface area contributed by atoms with Crippen molar-refractivity contribution in [1.29, 1.82) is 0 Å². The maximum Gasteiger partial charge on any atom is 0.226 e. The second-order valence-electron chi connectivity index (χ2n) is 4.00. The van der Waals surface area contributed by atoms with Crippen molar-refractivity contribution in [1.82, 2.24) is 4.90 Å². The number of hydrogen-bond donors (Lipinski definition) is 0. The van der Waals surface area contributed by atoms with Gasteiger partial charge < -0.3 is 4.90 Å². The van der Waals surface area contributed by atoms with Crippen LogP contribution in [0.5, 0.6) is 0 Å². The number of hydrogen-bond acceptors (Lipinski definition) is 1. The highest BCUT2D eigenvalue weighted by Crippen LogP contribution is 2.39. The molecule has 2 fully saturated rings. The molecule has 2 aliphatic rings. The van der Waals surface area contributed by atoms with Crippen molar-refractivity contribution in [3.05, 3.63) is 0 Å². The first-order valence-corrected chi connectivity index (χ1v) is 4.52. The summed E-state index contributed by atoms with van der Waals surface area (Å²) in [5.41, 5.74) is 0. The number of rotatable bonds is 1. The second kappa shape index (κ2) is 2.23. The maximum absolute atomic E-state index is 11.5. The Morgan fingerprint density at radius 1 is 1.45 bits per heavy atom. The molecule has 0 unspecified atom stereocenters. The Morgan fingerprint density at radius 3 is 2.55 bits per heavy atom. The summed E-state index contributed by atoms with van der Waals surface area (Å²) in [5.74, 6) is 0.804. The van der Waals surface area contributed by atoms with Gasteiger partial charge in [-0.2, -0.15) is 0 Å². The van der Waals surface area contributed by atoms with E-state index in [9.17, 15) is 4.79 Å². The van der Waals surface area contributed by atoms with Gasteiger partial charge in [0, 0.05) is 18.0 Å². The Morgan fingerprint density at radius 2 is 2.18 bits per heavy atom. The molecule has 1 aliphatic carbocycles. The third kappa shape index (κ3) is 0.883. The molecule has 2 nitrogen and oxygen atoms in total. The first-order chi connectivity index (χ1) is 5.20. The van der Waals surface area contributed by atoms with Gasteiger partial charge >= 0.3 is 0 Å². The second-order valence-corrected chi connectivity index (χ2v) is 4.00. The SMILES string of the molecule is CC(C)N1C(=O)[C@@H]2CC[C@H]1C2. The fourth-order valence-electron chi connectivity index (χ4n) is 2.50. The molecule has 62 valence electrons. The fourth-order valence-corrected chi connectivity index (χ4v) is 2.50. The Hall–Kier alpha value is -0.530. The summed E-state index contributed by atoms with van der Waals surface area (Å²) in [7, 11) is 0. The Balaban J connectivity index is 2.18. The van der Waals surface area contributed by atoms with Gasteiger partial charge in [0.05, 0.1) is 0 Å². The van der Waals surface area contributed by atoms with Crippen LogP contribution in [-0.2, 0) is 4.79 Å². The summed E-state index contributed by atoms with van der Waals surface area (Å²) >= 11 is 0. The molecule has 11 heavy (non-hydrogen) atoms. The molecule has 1 amide bonds. The molecule has 2 heteroatoms. The molecule has 2 atom stereocenters. The van der Waals surface area contributed by atoms with Crippen LogP contribution >= 0.6 is 0 Å². The molecule has 1 saturated heterocycles. The quantitative estimate of drug-likeness (QED) is 0.557. The predicted molar refractivity (Wildman–Crippen MR) is 43.1 cm³/mol. The van der Waals surface area contributed by atoms with E-state index in [2.05, 4.69) is 18.7 Å². The molecule has 1 saturated carbocycles. The third-order valence-corrected chi connectivity index (χ3v) is 2.96. The molecular weight excluding hydrogens is 138 g/mol. The van der Waals surface area contributed by atoms with E-state index in [1.54, 1.807) is 0 Å². The number of likely N-dealkylation sites (tertiary alicyclic amines) is 1. The Labute approximate surface area is 67.6 Å². The van der Waals surface area contributed by atoms with E-state index in [0.717, 1.165) is 12.8 Å². The molecular formula is C9H15NO. The molecule has 0 spiro atoms. The van der Waals surface area contributed by atoms with E-state index in [4.69, 9.17) is 0 Å². The monoisotopic (exact) mass is 153 g/mol. The summed E-state index contributed by atoms with van der Waals surface area (Å²) in [6, 6.07) is 1.00. The van der Waals surface area contributed by atoms with Crippen molar-refractivity contribution >= 4 is 5.91 Å². The molecule has 0 aromatic rings. The number of amides is 1.